The van der Waals surface area contributed by atoms with E-state index in [2.05, 4.69) is 0 Å². The highest BCUT2D eigenvalue weighted by atomic mass is 35.5. The molecule has 40 heavy (non-hydrogen) atoms. The second kappa shape index (κ2) is 10.1. The second-order valence-electron chi connectivity index (χ2n) is 7.84. The van der Waals surface area contributed by atoms with Crippen molar-refractivity contribution in [2.45, 2.75) is 34.3 Å². The quantitative estimate of drug-likeness (QED) is 0.143. The van der Waals surface area contributed by atoms with E-state index in [1.165, 1.54) is 18.2 Å². The summed E-state index contributed by atoms with van der Waals surface area (Å²) in [5.41, 5.74) is -17.5. The van der Waals surface area contributed by atoms with Crippen LogP contribution in [0.4, 0.5) is 58.4 Å². The molecule has 0 spiro atoms. The first-order valence-electron chi connectivity index (χ1n) is 10.00. The lowest BCUT2D eigenvalue weighted by Crippen LogP contribution is -2.59. The number of benzene rings is 2. The van der Waals surface area contributed by atoms with Gasteiger partial charge >= 0.3 is 29.5 Å². The summed E-state index contributed by atoms with van der Waals surface area (Å²) in [6, 6.07) is 4.52. The first-order valence-corrected chi connectivity index (χ1v) is 11.5. The molecule has 0 saturated carbocycles. The van der Waals surface area contributed by atoms with Crippen LogP contribution in [-0.4, -0.2) is 34.2 Å². The zero-order valence-corrected chi connectivity index (χ0v) is 20.2. The number of amides is 1. The highest BCUT2D eigenvalue weighted by Crippen LogP contribution is 2.59. The van der Waals surface area contributed by atoms with Crippen molar-refractivity contribution in [3.05, 3.63) is 70.0 Å². The lowest BCUT2D eigenvalue weighted by molar-refractivity contribution is -0.577. The molecule has 0 aliphatic heterocycles. The highest BCUT2D eigenvalue weighted by Gasteiger charge is 2.82. The Hall–Kier alpha value is -3.12. The van der Waals surface area contributed by atoms with Gasteiger partial charge in [-0.1, -0.05) is 11.6 Å². The van der Waals surface area contributed by atoms with Crippen LogP contribution in [0.15, 0.2) is 53.6 Å². The average Bonchev–Trinajstić information content (AvgIpc) is 2.82. The van der Waals surface area contributed by atoms with Crippen molar-refractivity contribution in [1.29, 1.82) is 0 Å². The summed E-state index contributed by atoms with van der Waals surface area (Å²) in [7, 11) is 0. The third kappa shape index (κ3) is 5.30. The third-order valence-electron chi connectivity index (χ3n) is 5.31. The van der Waals surface area contributed by atoms with Crippen LogP contribution in [0, 0.1) is 5.21 Å². The molecular weight excluding hydrogens is 624 g/mol. The maximum atomic E-state index is 14.9. The summed E-state index contributed by atoms with van der Waals surface area (Å²) >= 11 is 1.02. The number of carbonyl (C=O) groups excluding carboxylic acids is 1. The van der Waals surface area contributed by atoms with E-state index in [0.717, 1.165) is 18.3 Å². The molecule has 2 unspecified atom stereocenters. The minimum absolute atomic E-state index is 0.155. The van der Waals surface area contributed by atoms with Gasteiger partial charge in [0.05, 0.1) is 5.02 Å². The summed E-state index contributed by atoms with van der Waals surface area (Å²) in [5.74, 6) is -8.72. The number of aromatic nitrogens is 1. The largest absolute Gasteiger partial charge is 0.618 e. The van der Waals surface area contributed by atoms with Crippen molar-refractivity contribution in [2.75, 3.05) is 5.32 Å². The summed E-state index contributed by atoms with van der Waals surface area (Å²) < 4.78 is 174. The van der Waals surface area contributed by atoms with Gasteiger partial charge in [-0.05, 0) is 24.3 Å². The molecule has 1 heterocycles. The number of carbonyl (C=O) groups is 1. The molecule has 0 radical (unpaired) electrons. The van der Waals surface area contributed by atoms with Crippen LogP contribution < -0.4 is 10.0 Å². The molecule has 2 aromatic carbocycles. The van der Waals surface area contributed by atoms with E-state index in [-0.39, 0.29) is 15.6 Å². The van der Waals surface area contributed by atoms with Crippen molar-refractivity contribution in [2.24, 2.45) is 0 Å². The maximum Gasteiger partial charge on any atom is 0.578 e. The van der Waals surface area contributed by atoms with Gasteiger partial charge in [0, 0.05) is 34.7 Å². The monoisotopic (exact) mass is 632 g/mol. The fraction of sp³-hybridized carbons (Fsp3) is 0.238. The molecule has 3 aromatic rings. The first kappa shape index (κ1) is 31.4. The van der Waals surface area contributed by atoms with Crippen molar-refractivity contribution < 1.29 is 66.8 Å². The molecule has 19 heteroatoms. The Labute approximate surface area is 222 Å². The van der Waals surface area contributed by atoms with Gasteiger partial charge in [0.2, 0.25) is 5.52 Å². The van der Waals surface area contributed by atoms with E-state index < -0.39 is 85.4 Å². The number of pyridine rings is 1. The van der Waals surface area contributed by atoms with Gasteiger partial charge in [-0.25, -0.2) is 4.39 Å². The van der Waals surface area contributed by atoms with Crippen molar-refractivity contribution in [1.82, 2.24) is 0 Å². The maximum absolute atomic E-state index is 14.9. The molecule has 3 rings (SSSR count). The molecule has 2 atom stereocenters. The molecule has 1 N–H and O–H groups in total. The van der Waals surface area contributed by atoms with Crippen LogP contribution in [0.25, 0.3) is 10.9 Å². The van der Waals surface area contributed by atoms with E-state index in [1.54, 1.807) is 5.32 Å². The molecule has 0 fully saturated rings. The number of anilines is 1. The van der Waals surface area contributed by atoms with Crippen LogP contribution >= 0.6 is 11.6 Å². The van der Waals surface area contributed by atoms with Crippen molar-refractivity contribution in [3.8, 4) is 0 Å². The summed E-state index contributed by atoms with van der Waals surface area (Å²) in [4.78, 5) is 10.6. The Kier molecular flexibility index (Phi) is 7.90. The summed E-state index contributed by atoms with van der Waals surface area (Å²) in [5, 5.41) is 12.2. The van der Waals surface area contributed by atoms with Crippen molar-refractivity contribution >= 4 is 45.3 Å². The second-order valence-corrected chi connectivity index (χ2v) is 9.68. The Balaban J connectivity index is 2.25. The molecule has 0 aliphatic carbocycles. The van der Waals surface area contributed by atoms with Gasteiger partial charge in [-0.2, -0.15) is 39.9 Å². The fourth-order valence-corrected chi connectivity index (χ4v) is 4.55. The Morgan fingerprint density at radius 3 is 2.00 bits per heavy atom. The standard InChI is InChI=1S/C21H9ClF12N2O3S/c22-12-7-11(17(23,19(26,27)28)18(24,25)20(29,30)31)8-14(40(39)21(32,33)34)15(12)35-16(37)10-4-3-9-2-1-5-36(38)13(9)6-10/h1-8H,(H,35,37). The Bertz CT molecular complexity index is 1460. The number of hydrogen-bond donors (Lipinski definition) is 1. The average molecular weight is 633 g/mol. The zero-order chi connectivity index (χ0) is 30.6. The van der Waals surface area contributed by atoms with Crippen LogP contribution in [0.5, 0.6) is 0 Å². The predicted octanol–water partition coefficient (Wildman–Crippen LogP) is 6.93. The first-order chi connectivity index (χ1) is 18.0. The number of nitrogens with one attached hydrogen (secondary N) is 1. The van der Waals surface area contributed by atoms with Crippen LogP contribution in [-0.2, 0) is 16.8 Å². The minimum atomic E-state index is -7.28. The van der Waals surface area contributed by atoms with Crippen LogP contribution in [0.2, 0.25) is 5.02 Å². The molecule has 5 nitrogen and oxygen atoms in total. The highest BCUT2D eigenvalue weighted by molar-refractivity contribution is 7.92. The molecule has 218 valence electrons. The van der Waals surface area contributed by atoms with Gasteiger partial charge in [-0.3, -0.25) is 4.79 Å². The Morgan fingerprint density at radius 1 is 0.875 bits per heavy atom. The van der Waals surface area contributed by atoms with Gasteiger partial charge in [0.1, 0.15) is 16.9 Å². The number of rotatable bonds is 5. The smallest absolute Gasteiger partial charge is 0.578 e. The predicted molar refractivity (Wildman–Crippen MR) is 115 cm³/mol. The van der Waals surface area contributed by atoms with Gasteiger partial charge in [0.25, 0.3) is 5.91 Å². The van der Waals surface area contributed by atoms with Crippen LogP contribution in [0.1, 0.15) is 15.9 Å². The van der Waals surface area contributed by atoms with Gasteiger partial charge < -0.3 is 15.1 Å². The number of alkyl halides is 12. The number of halogens is 13. The topological polar surface area (TPSA) is 79.1 Å². The van der Waals surface area contributed by atoms with Crippen LogP contribution in [0.3, 0.4) is 0 Å². The summed E-state index contributed by atoms with van der Waals surface area (Å²) in [6.45, 7) is 0. The van der Waals surface area contributed by atoms with E-state index in [1.807, 2.05) is 0 Å². The number of fused-ring (bicyclic) bond motifs is 1. The van der Waals surface area contributed by atoms with Gasteiger partial charge in [0.15, 0.2) is 11.1 Å². The lowest BCUT2D eigenvalue weighted by Gasteiger charge is -2.36. The molecular formula is C21H9ClF12N2O3S. The minimum Gasteiger partial charge on any atom is -0.618 e. The molecule has 1 aromatic heterocycles. The number of hydrogen-bond acceptors (Lipinski definition) is 3. The number of nitrogens with zero attached hydrogens (tertiary/aromatic N) is 1. The van der Waals surface area contributed by atoms with E-state index in [0.29, 0.717) is 0 Å². The van der Waals surface area contributed by atoms with E-state index in [9.17, 15) is 67.2 Å². The fourth-order valence-electron chi connectivity index (χ4n) is 3.40. The molecule has 1 amide bonds. The molecule has 0 aliphatic rings. The lowest BCUT2D eigenvalue weighted by atomic mass is 9.87. The van der Waals surface area contributed by atoms with Crippen molar-refractivity contribution in [3.63, 3.8) is 0 Å². The summed E-state index contributed by atoms with van der Waals surface area (Å²) in [6.07, 6.45) is -13.3. The zero-order valence-electron chi connectivity index (χ0n) is 18.6. The third-order valence-corrected chi connectivity index (χ3v) is 6.75. The molecule has 0 bridgehead atoms. The Morgan fingerprint density at radius 2 is 1.48 bits per heavy atom. The van der Waals surface area contributed by atoms with E-state index in [4.69, 9.17) is 11.6 Å². The molecule has 0 saturated heterocycles. The normalized spacial score (nSPS) is 15.6. The SMILES string of the molecule is O=C(Nc1c(Cl)cc(C(F)(C(F)(F)F)C(F)(F)C(F)(F)F)cc1[S+]([O-])C(F)(F)F)c1ccc2ccc[n+]([O-])c2c1. The van der Waals surface area contributed by atoms with E-state index >= 15 is 0 Å². The van der Waals surface area contributed by atoms with Gasteiger partial charge in [-0.15, -0.1) is 13.2 Å².